The third-order valence-electron chi connectivity index (χ3n) is 1.77. The summed E-state index contributed by atoms with van der Waals surface area (Å²) >= 11 is 0. The molecule has 0 unspecified atom stereocenters. The van der Waals surface area contributed by atoms with Gasteiger partial charge in [0.1, 0.15) is 11.6 Å². The van der Waals surface area contributed by atoms with Crippen molar-refractivity contribution in [3.63, 3.8) is 0 Å². The number of hydrogen-bond donors (Lipinski definition) is 1. The minimum absolute atomic E-state index is 0.621. The Bertz CT molecular complexity index is 236. The Balaban J connectivity index is 4.09. The quantitative estimate of drug-likeness (QED) is 0.571. The zero-order valence-electron chi connectivity index (χ0n) is 9.70. The molecule has 0 saturated carbocycles. The molecule has 0 spiro atoms. The molecule has 15 heavy (non-hydrogen) atoms. The van der Waals surface area contributed by atoms with Crippen LogP contribution in [0.3, 0.4) is 0 Å². The van der Waals surface area contributed by atoms with Crippen molar-refractivity contribution in [3.8, 4) is 0 Å². The fraction of sp³-hybridized carbons (Fsp3) is 0.800. The summed E-state index contributed by atoms with van der Waals surface area (Å²) in [5.74, 6) is -0.785. The van der Waals surface area contributed by atoms with E-state index < -0.39 is 23.8 Å². The number of esters is 1. The van der Waals surface area contributed by atoms with Crippen molar-refractivity contribution >= 4 is 12.1 Å². The molecule has 0 aromatic carbocycles. The van der Waals surface area contributed by atoms with Crippen molar-refractivity contribution in [1.82, 2.24) is 0 Å². The first-order chi connectivity index (χ1) is 6.78. The van der Waals surface area contributed by atoms with Crippen molar-refractivity contribution in [2.45, 2.75) is 52.2 Å². The topological polar surface area (TPSA) is 78.6 Å². The van der Waals surface area contributed by atoms with Gasteiger partial charge in [0.15, 0.2) is 0 Å². The van der Waals surface area contributed by atoms with E-state index in [1.165, 1.54) is 6.92 Å². The van der Waals surface area contributed by atoms with Gasteiger partial charge in [0.25, 0.3) is 0 Å². The van der Waals surface area contributed by atoms with Gasteiger partial charge < -0.3 is 15.2 Å². The van der Waals surface area contributed by atoms with Crippen LogP contribution in [0.5, 0.6) is 0 Å². The van der Waals surface area contributed by atoms with E-state index in [0.717, 1.165) is 6.42 Å². The first-order valence-electron chi connectivity index (χ1n) is 4.98. The lowest BCUT2D eigenvalue weighted by molar-refractivity contribution is -0.142. The Kier molecular flexibility index (Phi) is 5.28. The maximum absolute atomic E-state index is 11.1. The lowest BCUT2D eigenvalue weighted by atomic mass is 10.0. The van der Waals surface area contributed by atoms with E-state index in [-0.39, 0.29) is 0 Å². The average molecular weight is 217 g/mol. The van der Waals surface area contributed by atoms with Gasteiger partial charge in [-0.1, -0.05) is 13.3 Å². The maximum atomic E-state index is 11.1. The van der Waals surface area contributed by atoms with Crippen molar-refractivity contribution in [1.29, 1.82) is 0 Å². The predicted molar refractivity (Wildman–Crippen MR) is 55.2 cm³/mol. The molecule has 5 heteroatoms. The molecule has 1 atom stereocenters. The van der Waals surface area contributed by atoms with Crippen LogP contribution >= 0.6 is 0 Å². The molecule has 0 saturated heterocycles. The van der Waals surface area contributed by atoms with E-state index >= 15 is 0 Å². The van der Waals surface area contributed by atoms with Gasteiger partial charge in [-0.2, -0.15) is 0 Å². The van der Waals surface area contributed by atoms with Crippen LogP contribution in [0.2, 0.25) is 0 Å². The standard InChI is InChI=1S/C10H19NO4/c1-5-6-10(3,4)15-9(13)14-8(12)7(2)11/h7H,5-6,11H2,1-4H3/t7-/m0/s1. The summed E-state index contributed by atoms with van der Waals surface area (Å²) in [5, 5.41) is 0. The third kappa shape index (κ3) is 6.06. The second-order valence-electron chi connectivity index (χ2n) is 4.07. The van der Waals surface area contributed by atoms with Crippen molar-refractivity contribution in [2.75, 3.05) is 0 Å². The summed E-state index contributed by atoms with van der Waals surface area (Å²) in [6.07, 6.45) is 0.589. The minimum Gasteiger partial charge on any atom is -0.428 e. The van der Waals surface area contributed by atoms with E-state index in [9.17, 15) is 9.59 Å². The Morgan fingerprint density at radius 3 is 2.33 bits per heavy atom. The first kappa shape index (κ1) is 13.9. The molecular formula is C10H19NO4. The Labute approximate surface area is 89.9 Å². The molecule has 0 aromatic rings. The highest BCUT2D eigenvalue weighted by atomic mass is 16.7. The van der Waals surface area contributed by atoms with Crippen LogP contribution < -0.4 is 5.73 Å². The summed E-state index contributed by atoms with van der Waals surface area (Å²) < 4.78 is 9.33. The SMILES string of the molecule is CCCC(C)(C)OC(=O)OC(=O)[C@H](C)N. The highest BCUT2D eigenvalue weighted by Crippen LogP contribution is 2.17. The van der Waals surface area contributed by atoms with Crippen LogP contribution in [0, 0.1) is 0 Å². The number of carbonyl (C=O) groups is 2. The molecule has 0 aliphatic carbocycles. The largest absolute Gasteiger partial charge is 0.516 e. The fourth-order valence-electron chi connectivity index (χ4n) is 1.07. The number of rotatable bonds is 4. The zero-order chi connectivity index (χ0) is 12.1. The Morgan fingerprint density at radius 2 is 1.93 bits per heavy atom. The molecule has 88 valence electrons. The molecule has 2 N–H and O–H groups in total. The fourth-order valence-corrected chi connectivity index (χ4v) is 1.07. The zero-order valence-corrected chi connectivity index (χ0v) is 9.70. The molecule has 0 bridgehead atoms. The summed E-state index contributed by atoms with van der Waals surface area (Å²) in [4.78, 5) is 22.1. The molecule has 0 heterocycles. The van der Waals surface area contributed by atoms with Gasteiger partial charge in [0.05, 0.1) is 0 Å². The molecule has 0 radical (unpaired) electrons. The third-order valence-corrected chi connectivity index (χ3v) is 1.77. The second-order valence-corrected chi connectivity index (χ2v) is 4.07. The molecule has 5 nitrogen and oxygen atoms in total. The second kappa shape index (κ2) is 5.70. The molecule has 0 aliphatic rings. The predicted octanol–water partition coefficient (Wildman–Crippen LogP) is 1.59. The maximum Gasteiger partial charge on any atom is 0.516 e. The number of carbonyl (C=O) groups excluding carboxylic acids is 2. The van der Waals surface area contributed by atoms with Crippen LogP contribution in [-0.2, 0) is 14.3 Å². The summed E-state index contributed by atoms with van der Waals surface area (Å²) in [5.41, 5.74) is 4.60. The summed E-state index contributed by atoms with van der Waals surface area (Å²) in [6.45, 7) is 6.93. The van der Waals surface area contributed by atoms with E-state index in [1.807, 2.05) is 6.92 Å². The average Bonchev–Trinajstić information content (AvgIpc) is 2.01. The highest BCUT2D eigenvalue weighted by molar-refractivity contribution is 5.85. The lowest BCUT2D eigenvalue weighted by Gasteiger charge is -2.23. The van der Waals surface area contributed by atoms with Gasteiger partial charge in [-0.15, -0.1) is 0 Å². The van der Waals surface area contributed by atoms with Crippen molar-refractivity contribution < 1.29 is 19.1 Å². The van der Waals surface area contributed by atoms with Crippen LogP contribution in [0.4, 0.5) is 4.79 Å². The number of nitrogens with two attached hydrogens (primary N) is 1. The van der Waals surface area contributed by atoms with Gasteiger partial charge >= 0.3 is 12.1 Å². The van der Waals surface area contributed by atoms with E-state index in [1.54, 1.807) is 13.8 Å². The molecule has 0 aromatic heterocycles. The molecular weight excluding hydrogens is 198 g/mol. The van der Waals surface area contributed by atoms with E-state index in [4.69, 9.17) is 10.5 Å². The van der Waals surface area contributed by atoms with Gasteiger partial charge in [-0.25, -0.2) is 9.59 Å². The summed E-state index contributed by atoms with van der Waals surface area (Å²) in [6, 6.07) is -0.827. The van der Waals surface area contributed by atoms with Crippen molar-refractivity contribution in [3.05, 3.63) is 0 Å². The van der Waals surface area contributed by atoms with Crippen molar-refractivity contribution in [2.24, 2.45) is 5.73 Å². The van der Waals surface area contributed by atoms with Crippen LogP contribution in [0.1, 0.15) is 40.5 Å². The van der Waals surface area contributed by atoms with Crippen LogP contribution in [0.15, 0.2) is 0 Å². The molecule has 0 aliphatic heterocycles. The normalized spacial score (nSPS) is 13.1. The van der Waals surface area contributed by atoms with Crippen LogP contribution in [-0.4, -0.2) is 23.8 Å². The summed E-state index contributed by atoms with van der Waals surface area (Å²) in [7, 11) is 0. The van der Waals surface area contributed by atoms with Gasteiger partial charge in [0, 0.05) is 0 Å². The number of hydrogen-bond acceptors (Lipinski definition) is 5. The van der Waals surface area contributed by atoms with Gasteiger partial charge in [-0.3, -0.25) is 0 Å². The molecule has 0 fully saturated rings. The smallest absolute Gasteiger partial charge is 0.428 e. The first-order valence-corrected chi connectivity index (χ1v) is 4.98. The minimum atomic E-state index is -0.990. The number of ether oxygens (including phenoxy) is 2. The molecule has 0 amide bonds. The Hall–Kier alpha value is -1.10. The monoisotopic (exact) mass is 217 g/mol. The van der Waals surface area contributed by atoms with E-state index in [2.05, 4.69) is 4.74 Å². The lowest BCUT2D eigenvalue weighted by Crippen LogP contribution is -2.34. The van der Waals surface area contributed by atoms with Crippen LogP contribution in [0.25, 0.3) is 0 Å². The Morgan fingerprint density at radius 1 is 1.40 bits per heavy atom. The van der Waals surface area contributed by atoms with E-state index in [0.29, 0.717) is 6.42 Å². The highest BCUT2D eigenvalue weighted by Gasteiger charge is 2.25. The van der Waals surface area contributed by atoms with Gasteiger partial charge in [-0.05, 0) is 27.2 Å². The molecule has 0 rings (SSSR count). The van der Waals surface area contributed by atoms with Gasteiger partial charge in [0.2, 0.25) is 0 Å².